The topological polar surface area (TPSA) is 9.23 Å². The van der Waals surface area contributed by atoms with Crippen LogP contribution in [0.25, 0.3) is 0 Å². The van der Waals surface area contributed by atoms with E-state index in [1.165, 1.54) is 6.42 Å². The zero-order valence-electron chi connectivity index (χ0n) is 20.3. The summed E-state index contributed by atoms with van der Waals surface area (Å²) >= 11 is 0. The van der Waals surface area contributed by atoms with Crippen molar-refractivity contribution in [2.75, 3.05) is 6.61 Å². The van der Waals surface area contributed by atoms with E-state index in [-0.39, 0.29) is 17.6 Å². The first-order valence-electron chi connectivity index (χ1n) is 12.9. The average molecular weight is 477 g/mol. The number of rotatable bonds is 7. The molecule has 0 radical (unpaired) electrons. The van der Waals surface area contributed by atoms with E-state index in [1.54, 1.807) is 38.1 Å². The van der Waals surface area contributed by atoms with Crippen molar-refractivity contribution in [3.8, 4) is 5.75 Å². The molecule has 2 aromatic rings. The Labute approximate surface area is 200 Å². The van der Waals surface area contributed by atoms with Crippen molar-refractivity contribution in [2.24, 2.45) is 11.8 Å². The third kappa shape index (κ3) is 5.44. The average Bonchev–Trinajstić information content (AvgIpc) is 2.85. The molecule has 0 aromatic heterocycles. The number of hydrogen-bond acceptors (Lipinski definition) is 1. The molecule has 0 atom stereocenters. The van der Waals surface area contributed by atoms with Crippen LogP contribution < -0.4 is 4.74 Å². The fraction of sp³-hybridized carbons (Fsp3) is 0.586. The fourth-order valence-corrected chi connectivity index (χ4v) is 6.10. The van der Waals surface area contributed by atoms with Gasteiger partial charge in [-0.15, -0.1) is 0 Å². The van der Waals surface area contributed by atoms with E-state index in [1.807, 2.05) is 0 Å². The molecule has 2 aromatic carbocycles. The van der Waals surface area contributed by atoms with Crippen LogP contribution in [0.5, 0.6) is 5.75 Å². The summed E-state index contributed by atoms with van der Waals surface area (Å²) < 4.78 is 62.3. The number of halogens is 4. The lowest BCUT2D eigenvalue weighted by atomic mass is 9.73. The molecule has 0 N–H and O–H groups in total. The quantitative estimate of drug-likeness (QED) is 0.362. The summed E-state index contributed by atoms with van der Waals surface area (Å²) in [6.07, 6.45) is 10.1. The van der Waals surface area contributed by atoms with Crippen molar-refractivity contribution in [2.45, 2.75) is 89.9 Å². The van der Waals surface area contributed by atoms with Crippen LogP contribution in [0, 0.1) is 42.0 Å². The summed E-state index contributed by atoms with van der Waals surface area (Å²) in [7, 11) is 0. The van der Waals surface area contributed by atoms with Crippen molar-refractivity contribution in [1.82, 2.24) is 0 Å². The van der Waals surface area contributed by atoms with E-state index in [4.69, 9.17) is 4.74 Å². The van der Waals surface area contributed by atoms with Gasteiger partial charge in [0.1, 0.15) is 0 Å². The van der Waals surface area contributed by atoms with E-state index >= 15 is 0 Å². The predicted molar refractivity (Wildman–Crippen MR) is 127 cm³/mol. The van der Waals surface area contributed by atoms with Gasteiger partial charge in [-0.25, -0.2) is 13.2 Å². The second-order valence-corrected chi connectivity index (χ2v) is 10.3. The molecule has 1 nitrogen and oxygen atoms in total. The smallest absolute Gasteiger partial charge is 0.200 e. The van der Waals surface area contributed by atoms with E-state index in [0.29, 0.717) is 35.1 Å². The Morgan fingerprint density at radius 2 is 1.12 bits per heavy atom. The Bertz CT molecular complexity index is 973. The predicted octanol–water partition coefficient (Wildman–Crippen LogP) is 8.98. The molecule has 5 heteroatoms. The van der Waals surface area contributed by atoms with Gasteiger partial charge in [-0.2, -0.15) is 4.39 Å². The number of aryl methyl sites for hydroxylation is 1. The Hall–Kier alpha value is -2.04. The Morgan fingerprint density at radius 1 is 0.647 bits per heavy atom. The van der Waals surface area contributed by atoms with Crippen LogP contribution in [0.4, 0.5) is 17.6 Å². The zero-order valence-corrected chi connectivity index (χ0v) is 20.3. The standard InChI is InChI=1S/C29H36F4O/c1-3-34-25-17-16-24(28(32)29(25)33)22-13-9-20(10-14-22)6-5-19-7-11-21(12-8-19)23-15-4-18(2)26(30)27(23)31/h4,15-17,19-22H,3,5-14H2,1-2H3. The van der Waals surface area contributed by atoms with Gasteiger partial charge in [0.2, 0.25) is 5.82 Å². The van der Waals surface area contributed by atoms with Crippen molar-refractivity contribution in [3.63, 3.8) is 0 Å². The summed E-state index contributed by atoms with van der Waals surface area (Å²) in [6.45, 7) is 3.66. The van der Waals surface area contributed by atoms with Gasteiger partial charge in [0.05, 0.1) is 6.61 Å². The summed E-state index contributed by atoms with van der Waals surface area (Å²) in [5.74, 6) is -1.54. The van der Waals surface area contributed by atoms with Gasteiger partial charge in [-0.05, 0) is 112 Å². The zero-order chi connectivity index (χ0) is 24.2. The molecule has 2 saturated carbocycles. The summed E-state index contributed by atoms with van der Waals surface area (Å²) in [5.41, 5.74) is 1.38. The molecule has 2 aliphatic rings. The molecular formula is C29H36F4O. The van der Waals surface area contributed by atoms with Gasteiger partial charge in [-0.1, -0.05) is 31.0 Å². The van der Waals surface area contributed by atoms with Crippen LogP contribution in [0.2, 0.25) is 0 Å². The Kier molecular flexibility index (Phi) is 8.21. The summed E-state index contributed by atoms with van der Waals surface area (Å²) in [4.78, 5) is 0. The third-order valence-electron chi connectivity index (χ3n) is 8.24. The highest BCUT2D eigenvalue weighted by molar-refractivity contribution is 5.33. The minimum absolute atomic E-state index is 0.0117. The largest absolute Gasteiger partial charge is 0.491 e. The third-order valence-corrected chi connectivity index (χ3v) is 8.24. The first-order valence-corrected chi connectivity index (χ1v) is 12.9. The number of benzene rings is 2. The molecule has 0 saturated heterocycles. The van der Waals surface area contributed by atoms with E-state index in [2.05, 4.69) is 0 Å². The molecule has 0 unspecified atom stereocenters. The lowest BCUT2D eigenvalue weighted by Gasteiger charge is -2.32. The van der Waals surface area contributed by atoms with Crippen LogP contribution >= 0.6 is 0 Å². The highest BCUT2D eigenvalue weighted by atomic mass is 19.2. The Balaban J connectivity index is 1.23. The highest BCUT2D eigenvalue weighted by Crippen LogP contribution is 2.43. The molecule has 186 valence electrons. The molecule has 0 bridgehead atoms. The molecule has 0 aliphatic heterocycles. The minimum atomic E-state index is -0.870. The van der Waals surface area contributed by atoms with Gasteiger partial charge in [0, 0.05) is 0 Å². The van der Waals surface area contributed by atoms with E-state index in [0.717, 1.165) is 57.8 Å². The minimum Gasteiger partial charge on any atom is -0.491 e. The van der Waals surface area contributed by atoms with Crippen molar-refractivity contribution in [1.29, 1.82) is 0 Å². The second-order valence-electron chi connectivity index (χ2n) is 10.3. The van der Waals surface area contributed by atoms with Crippen LogP contribution in [0.1, 0.15) is 99.7 Å². The lowest BCUT2D eigenvalue weighted by molar-refractivity contribution is 0.248. The molecule has 2 fully saturated rings. The highest BCUT2D eigenvalue weighted by Gasteiger charge is 2.29. The van der Waals surface area contributed by atoms with Gasteiger partial charge >= 0.3 is 0 Å². The molecule has 4 rings (SSSR count). The first-order chi connectivity index (χ1) is 16.4. The van der Waals surface area contributed by atoms with Crippen LogP contribution in [-0.4, -0.2) is 6.61 Å². The van der Waals surface area contributed by atoms with Crippen LogP contribution in [-0.2, 0) is 0 Å². The van der Waals surface area contributed by atoms with Crippen molar-refractivity contribution >= 4 is 0 Å². The maximum atomic E-state index is 14.6. The monoisotopic (exact) mass is 476 g/mol. The van der Waals surface area contributed by atoms with Crippen molar-refractivity contribution in [3.05, 3.63) is 64.2 Å². The van der Waals surface area contributed by atoms with Crippen molar-refractivity contribution < 1.29 is 22.3 Å². The lowest BCUT2D eigenvalue weighted by Crippen LogP contribution is -2.18. The van der Waals surface area contributed by atoms with Gasteiger partial charge in [-0.3, -0.25) is 0 Å². The number of ether oxygens (including phenoxy) is 1. The molecule has 0 spiro atoms. The SMILES string of the molecule is CCOc1ccc(C2CCC(CCC3CCC(c4ccc(C)c(F)c4F)CC3)CC2)c(F)c1F. The second kappa shape index (κ2) is 11.1. The molecule has 0 heterocycles. The van der Waals surface area contributed by atoms with Crippen LogP contribution in [0.3, 0.4) is 0 Å². The van der Waals surface area contributed by atoms with Gasteiger partial charge in [0.25, 0.3) is 0 Å². The maximum absolute atomic E-state index is 14.6. The molecule has 2 aliphatic carbocycles. The molecule has 0 amide bonds. The molecule has 34 heavy (non-hydrogen) atoms. The summed E-state index contributed by atoms with van der Waals surface area (Å²) in [5, 5.41) is 0. The number of hydrogen-bond donors (Lipinski definition) is 0. The fourth-order valence-electron chi connectivity index (χ4n) is 6.10. The van der Waals surface area contributed by atoms with Crippen LogP contribution in [0.15, 0.2) is 24.3 Å². The summed E-state index contributed by atoms with van der Waals surface area (Å²) in [6, 6.07) is 6.69. The van der Waals surface area contributed by atoms with E-state index in [9.17, 15) is 17.6 Å². The molecular weight excluding hydrogens is 440 g/mol. The first kappa shape index (κ1) is 25.1. The van der Waals surface area contributed by atoms with Gasteiger partial charge in [0.15, 0.2) is 23.2 Å². The maximum Gasteiger partial charge on any atom is 0.200 e. The normalized spacial score (nSPS) is 25.4. The van der Waals surface area contributed by atoms with E-state index < -0.39 is 23.3 Å². The Morgan fingerprint density at radius 3 is 1.62 bits per heavy atom. The van der Waals surface area contributed by atoms with Gasteiger partial charge < -0.3 is 4.74 Å².